The fourth-order valence-electron chi connectivity index (χ4n) is 1.76. The standard InChI is InChI=1S/C10H12FN2O4/c1-5-3-13(10(16)12-9(5)15)8-2-6(11)7(4-14)17-8/h3-4,6-8,14H,2H2,1H3,(H,12,15,16)/t6-,7+,8+/m0/s1. The van der Waals surface area contributed by atoms with Gasteiger partial charge < -0.3 is 9.84 Å². The molecule has 0 saturated carbocycles. The number of ether oxygens (including phenoxy) is 1. The van der Waals surface area contributed by atoms with Crippen LogP contribution in [0.3, 0.4) is 0 Å². The Labute approximate surface area is 95.7 Å². The first-order valence-corrected chi connectivity index (χ1v) is 5.12. The Morgan fingerprint density at radius 1 is 1.65 bits per heavy atom. The molecule has 2 rings (SSSR count). The Balaban J connectivity index is 2.34. The first kappa shape index (κ1) is 12.0. The lowest BCUT2D eigenvalue weighted by Crippen LogP contribution is -2.33. The third-order valence-electron chi connectivity index (χ3n) is 2.70. The Morgan fingerprint density at radius 2 is 2.35 bits per heavy atom. The van der Waals surface area contributed by atoms with E-state index in [9.17, 15) is 14.0 Å². The zero-order valence-corrected chi connectivity index (χ0v) is 9.09. The number of aliphatic hydroxyl groups is 1. The van der Waals surface area contributed by atoms with Crippen molar-refractivity contribution in [1.82, 2.24) is 9.55 Å². The Morgan fingerprint density at radius 3 is 2.94 bits per heavy atom. The van der Waals surface area contributed by atoms with Crippen LogP contribution in [0.15, 0.2) is 15.8 Å². The van der Waals surface area contributed by atoms with E-state index in [2.05, 4.69) is 4.98 Å². The number of aromatic amines is 1. The van der Waals surface area contributed by atoms with E-state index in [4.69, 9.17) is 9.84 Å². The minimum Gasteiger partial charge on any atom is -0.387 e. The van der Waals surface area contributed by atoms with Crippen LogP contribution < -0.4 is 11.2 Å². The van der Waals surface area contributed by atoms with Gasteiger partial charge in [0, 0.05) is 18.2 Å². The predicted octanol–water partition coefficient (Wildman–Crippen LogP) is 0.00491. The van der Waals surface area contributed by atoms with Crippen molar-refractivity contribution in [3.8, 4) is 0 Å². The highest BCUT2D eigenvalue weighted by molar-refractivity contribution is 5.02. The van der Waals surface area contributed by atoms with Crippen LogP contribution in [0.25, 0.3) is 0 Å². The van der Waals surface area contributed by atoms with Gasteiger partial charge in [0.1, 0.15) is 25.1 Å². The average Bonchev–Trinajstić information content (AvgIpc) is 2.65. The maximum Gasteiger partial charge on any atom is 0.330 e. The van der Waals surface area contributed by atoms with Crippen LogP contribution in [0.5, 0.6) is 0 Å². The number of alkyl halides is 1. The molecule has 3 atom stereocenters. The van der Waals surface area contributed by atoms with Crippen LogP contribution in [0.1, 0.15) is 18.2 Å². The topological polar surface area (TPSA) is 84.3 Å². The molecule has 2 N–H and O–H groups in total. The van der Waals surface area contributed by atoms with Crippen molar-refractivity contribution >= 4 is 0 Å². The molecule has 0 aliphatic carbocycles. The molecule has 0 amide bonds. The summed E-state index contributed by atoms with van der Waals surface area (Å²) in [5.41, 5.74) is -0.803. The number of halogens is 1. The summed E-state index contributed by atoms with van der Waals surface area (Å²) in [6.45, 7) is 2.15. The number of H-pyrrole nitrogens is 1. The molecule has 1 aromatic rings. The average molecular weight is 243 g/mol. The minimum absolute atomic E-state index is 0.0485. The number of rotatable bonds is 2. The molecule has 0 aromatic carbocycles. The number of nitrogens with one attached hydrogen (secondary N) is 1. The summed E-state index contributed by atoms with van der Waals surface area (Å²) < 4.78 is 19.6. The van der Waals surface area contributed by atoms with Crippen molar-refractivity contribution in [3.63, 3.8) is 0 Å². The lowest BCUT2D eigenvalue weighted by Gasteiger charge is -2.14. The number of nitrogens with zero attached hydrogens (tertiary/aromatic N) is 1. The fourth-order valence-corrected chi connectivity index (χ4v) is 1.76. The molecule has 7 heteroatoms. The second-order valence-corrected chi connectivity index (χ2v) is 3.93. The molecule has 0 spiro atoms. The lowest BCUT2D eigenvalue weighted by atomic mass is 10.2. The summed E-state index contributed by atoms with van der Waals surface area (Å²) in [5, 5.41) is 8.73. The molecular weight excluding hydrogens is 231 g/mol. The summed E-state index contributed by atoms with van der Waals surface area (Å²) in [4.78, 5) is 24.8. The van der Waals surface area contributed by atoms with Crippen molar-refractivity contribution < 1.29 is 14.2 Å². The largest absolute Gasteiger partial charge is 0.387 e. The van der Waals surface area contributed by atoms with Crippen molar-refractivity contribution in [1.29, 1.82) is 0 Å². The third kappa shape index (κ3) is 2.16. The van der Waals surface area contributed by atoms with Gasteiger partial charge in [-0.25, -0.2) is 9.18 Å². The maximum absolute atomic E-state index is 13.3. The quantitative estimate of drug-likeness (QED) is 0.766. The van der Waals surface area contributed by atoms with Gasteiger partial charge in [-0.3, -0.25) is 14.3 Å². The highest BCUT2D eigenvalue weighted by atomic mass is 19.1. The number of hydrogen-bond acceptors (Lipinski definition) is 4. The molecule has 1 saturated heterocycles. The van der Waals surface area contributed by atoms with E-state index in [0.717, 1.165) is 4.57 Å². The molecule has 0 bridgehead atoms. The van der Waals surface area contributed by atoms with E-state index in [1.807, 2.05) is 0 Å². The predicted molar refractivity (Wildman–Crippen MR) is 55.7 cm³/mol. The number of aromatic nitrogens is 2. The number of aryl methyl sites for hydroxylation is 1. The molecule has 6 nitrogen and oxygen atoms in total. The number of aliphatic hydroxyl groups excluding tert-OH is 1. The maximum atomic E-state index is 13.3. The van der Waals surface area contributed by atoms with Gasteiger partial charge in [-0.15, -0.1) is 0 Å². The minimum atomic E-state index is -1.37. The van der Waals surface area contributed by atoms with Crippen LogP contribution in [0.4, 0.5) is 4.39 Å². The van der Waals surface area contributed by atoms with Crippen molar-refractivity contribution in [2.75, 3.05) is 0 Å². The number of hydrogen-bond donors (Lipinski definition) is 2. The molecule has 2 heterocycles. The van der Waals surface area contributed by atoms with E-state index >= 15 is 0 Å². The summed E-state index contributed by atoms with van der Waals surface area (Å²) in [6, 6.07) is 0. The van der Waals surface area contributed by atoms with Gasteiger partial charge in [0.2, 0.25) is 0 Å². The zero-order valence-electron chi connectivity index (χ0n) is 9.09. The van der Waals surface area contributed by atoms with Crippen LogP contribution in [-0.2, 0) is 4.74 Å². The molecule has 17 heavy (non-hydrogen) atoms. The molecule has 1 aliphatic rings. The second-order valence-electron chi connectivity index (χ2n) is 3.93. The van der Waals surface area contributed by atoms with Gasteiger partial charge >= 0.3 is 5.69 Å². The van der Waals surface area contributed by atoms with E-state index in [1.165, 1.54) is 13.1 Å². The van der Waals surface area contributed by atoms with Crippen LogP contribution in [0.2, 0.25) is 0 Å². The van der Waals surface area contributed by atoms with Crippen LogP contribution in [-0.4, -0.2) is 26.9 Å². The van der Waals surface area contributed by atoms with E-state index in [-0.39, 0.29) is 6.42 Å². The van der Waals surface area contributed by atoms with Gasteiger partial charge in [-0.2, -0.15) is 0 Å². The molecule has 1 fully saturated rings. The normalized spacial score (nSPS) is 28.5. The monoisotopic (exact) mass is 243 g/mol. The molecule has 0 unspecified atom stereocenters. The summed E-state index contributed by atoms with van der Waals surface area (Å²) >= 11 is 0. The molecule has 1 aromatic heterocycles. The second kappa shape index (κ2) is 4.42. The highest BCUT2D eigenvalue weighted by Gasteiger charge is 2.36. The third-order valence-corrected chi connectivity index (χ3v) is 2.70. The van der Waals surface area contributed by atoms with Gasteiger partial charge in [-0.05, 0) is 6.92 Å². The molecule has 1 aliphatic heterocycles. The highest BCUT2D eigenvalue weighted by Crippen LogP contribution is 2.30. The summed E-state index contributed by atoms with van der Waals surface area (Å²) in [7, 11) is 0. The molecule has 93 valence electrons. The smallest absolute Gasteiger partial charge is 0.330 e. The van der Waals surface area contributed by atoms with Crippen LogP contribution in [0, 0.1) is 13.5 Å². The SMILES string of the molecule is Cc1cn([C@H]2C[C@H](F)[C@@H]([CH]O)O2)c(=O)[nH]c1=O. The van der Waals surface area contributed by atoms with Gasteiger partial charge in [0.25, 0.3) is 5.56 Å². The van der Waals surface area contributed by atoms with E-state index < -0.39 is 29.8 Å². The Hall–Kier alpha value is -1.47. The van der Waals surface area contributed by atoms with Crippen molar-refractivity contribution in [2.45, 2.75) is 31.8 Å². The molecular formula is C10H12FN2O4. The van der Waals surface area contributed by atoms with Crippen molar-refractivity contribution in [2.24, 2.45) is 0 Å². The fraction of sp³-hybridized carbons (Fsp3) is 0.500. The van der Waals surface area contributed by atoms with Gasteiger partial charge in [0.05, 0.1) is 0 Å². The first-order valence-electron chi connectivity index (χ1n) is 5.12. The van der Waals surface area contributed by atoms with E-state index in [0.29, 0.717) is 12.2 Å². The summed E-state index contributed by atoms with van der Waals surface area (Å²) in [6.07, 6.45) is -1.96. The van der Waals surface area contributed by atoms with Crippen molar-refractivity contribution in [3.05, 3.63) is 39.2 Å². The van der Waals surface area contributed by atoms with Gasteiger partial charge in [-0.1, -0.05) is 0 Å². The van der Waals surface area contributed by atoms with E-state index in [1.54, 1.807) is 0 Å². The van der Waals surface area contributed by atoms with Crippen LogP contribution >= 0.6 is 0 Å². The zero-order chi connectivity index (χ0) is 12.6. The lowest BCUT2D eigenvalue weighted by molar-refractivity contribution is -0.0137. The summed E-state index contributed by atoms with van der Waals surface area (Å²) in [5.74, 6) is 0. The molecule has 1 radical (unpaired) electrons. The van der Waals surface area contributed by atoms with Gasteiger partial charge in [0.15, 0.2) is 0 Å². The first-order chi connectivity index (χ1) is 8.02. The Bertz CT molecular complexity index is 524. The Kier molecular flexibility index (Phi) is 3.12.